The molecule has 1 saturated heterocycles. The first-order valence-electron chi connectivity index (χ1n) is 11.5. The summed E-state index contributed by atoms with van der Waals surface area (Å²) in [7, 11) is 0. The molecule has 1 aliphatic rings. The molecular weight excluding hydrogens is 394 g/mol. The summed E-state index contributed by atoms with van der Waals surface area (Å²) in [5, 5.41) is 1.14. The van der Waals surface area contributed by atoms with Crippen LogP contribution in [0.5, 0.6) is 0 Å². The number of aromatic amines is 1. The van der Waals surface area contributed by atoms with Crippen LogP contribution in [0.15, 0.2) is 72.9 Å². The summed E-state index contributed by atoms with van der Waals surface area (Å²) in [4.78, 5) is 23.4. The molecule has 1 atom stereocenters. The molecule has 1 fully saturated rings. The molecule has 1 amide bonds. The summed E-state index contributed by atoms with van der Waals surface area (Å²) >= 11 is 0. The Bertz CT molecular complexity index is 1240. The number of hydrogen-bond acceptors (Lipinski definition) is 2. The average Bonchev–Trinajstić information content (AvgIpc) is 3.22. The molecule has 0 saturated carbocycles. The summed E-state index contributed by atoms with van der Waals surface area (Å²) in [6.07, 6.45) is 5.36. The van der Waals surface area contributed by atoms with Crippen LogP contribution < -0.4 is 0 Å². The van der Waals surface area contributed by atoms with Crippen LogP contribution in [0.3, 0.4) is 0 Å². The normalized spacial score (nSPS) is 16.4. The molecule has 0 aliphatic carbocycles. The van der Waals surface area contributed by atoms with Crippen molar-refractivity contribution < 1.29 is 4.79 Å². The molecule has 1 N–H and O–H groups in total. The first-order chi connectivity index (χ1) is 15.7. The zero-order valence-electron chi connectivity index (χ0n) is 18.6. The number of amides is 1. The maximum Gasteiger partial charge on any atom is 0.227 e. The molecule has 4 aromatic rings. The highest BCUT2D eigenvalue weighted by Gasteiger charge is 2.26. The van der Waals surface area contributed by atoms with Crippen LogP contribution in [0, 0.1) is 6.92 Å². The van der Waals surface area contributed by atoms with Gasteiger partial charge >= 0.3 is 0 Å². The fraction of sp³-hybridized carbons (Fsp3) is 0.286. The van der Waals surface area contributed by atoms with Gasteiger partial charge in [-0.05, 0) is 49.1 Å². The Labute approximate surface area is 189 Å². The zero-order valence-corrected chi connectivity index (χ0v) is 18.6. The van der Waals surface area contributed by atoms with E-state index in [2.05, 4.69) is 66.5 Å². The molecule has 3 heterocycles. The molecule has 0 unspecified atom stereocenters. The molecule has 2 aromatic heterocycles. The van der Waals surface area contributed by atoms with E-state index in [1.165, 1.54) is 11.1 Å². The second-order valence-corrected chi connectivity index (χ2v) is 8.93. The molecule has 4 heteroatoms. The van der Waals surface area contributed by atoms with Gasteiger partial charge in [-0.1, -0.05) is 54.1 Å². The molecule has 32 heavy (non-hydrogen) atoms. The van der Waals surface area contributed by atoms with Gasteiger partial charge in [0.2, 0.25) is 5.91 Å². The summed E-state index contributed by atoms with van der Waals surface area (Å²) in [5.41, 5.74) is 6.92. The number of aryl methyl sites for hydroxylation is 1. The first kappa shape index (κ1) is 20.5. The van der Waals surface area contributed by atoms with E-state index < -0.39 is 0 Å². The Morgan fingerprint density at radius 1 is 1.09 bits per heavy atom. The minimum absolute atomic E-state index is 0.204. The van der Waals surface area contributed by atoms with Gasteiger partial charge in [0, 0.05) is 53.9 Å². The molecule has 5 rings (SSSR count). The molecule has 0 spiro atoms. The van der Waals surface area contributed by atoms with Crippen LogP contribution in [-0.2, 0) is 17.6 Å². The van der Waals surface area contributed by atoms with Gasteiger partial charge in [0.25, 0.3) is 0 Å². The molecule has 0 bridgehead atoms. The minimum atomic E-state index is 0.204. The number of para-hydroxylation sites is 1. The number of carbonyl (C=O) groups is 1. The number of rotatable bonds is 5. The number of carbonyl (C=O) groups excluding carboxylic acids is 1. The van der Waals surface area contributed by atoms with Crippen molar-refractivity contribution in [3.63, 3.8) is 0 Å². The van der Waals surface area contributed by atoms with Gasteiger partial charge < -0.3 is 9.88 Å². The van der Waals surface area contributed by atoms with Crippen LogP contribution in [0.2, 0.25) is 0 Å². The fourth-order valence-electron chi connectivity index (χ4n) is 4.85. The lowest BCUT2D eigenvalue weighted by atomic mass is 9.93. The zero-order chi connectivity index (χ0) is 21.9. The number of nitrogens with zero attached hydrogens (tertiary/aromatic N) is 2. The standard InChI is InChI=1S/C28H29N3O/c1-20-7-4-8-21(15-20)16-24-10-5-13-26(30-24)22-9-6-14-31(19-22)28(32)17-23-18-29-27-12-3-2-11-25(23)27/h2-5,7-8,10-13,15,18,22,29H,6,9,14,16-17,19H2,1H3/t22-/m0/s1. The number of H-pyrrole nitrogens is 1. The highest BCUT2D eigenvalue weighted by atomic mass is 16.2. The van der Waals surface area contributed by atoms with E-state index in [-0.39, 0.29) is 5.91 Å². The Morgan fingerprint density at radius 2 is 1.97 bits per heavy atom. The smallest absolute Gasteiger partial charge is 0.227 e. The van der Waals surface area contributed by atoms with Crippen molar-refractivity contribution in [3.8, 4) is 0 Å². The second-order valence-electron chi connectivity index (χ2n) is 8.93. The van der Waals surface area contributed by atoms with Crippen LogP contribution in [0.4, 0.5) is 0 Å². The fourth-order valence-corrected chi connectivity index (χ4v) is 4.85. The lowest BCUT2D eigenvalue weighted by Gasteiger charge is -2.32. The monoisotopic (exact) mass is 423 g/mol. The van der Waals surface area contributed by atoms with Crippen molar-refractivity contribution in [2.45, 2.75) is 38.5 Å². The number of hydrogen-bond donors (Lipinski definition) is 1. The van der Waals surface area contributed by atoms with Gasteiger partial charge in [0.15, 0.2) is 0 Å². The summed E-state index contributed by atoms with van der Waals surface area (Å²) < 4.78 is 0. The highest BCUT2D eigenvalue weighted by molar-refractivity contribution is 5.88. The van der Waals surface area contributed by atoms with Gasteiger partial charge in [-0.3, -0.25) is 9.78 Å². The van der Waals surface area contributed by atoms with E-state index in [1.54, 1.807) is 0 Å². The van der Waals surface area contributed by atoms with E-state index in [0.29, 0.717) is 12.3 Å². The maximum absolute atomic E-state index is 13.1. The average molecular weight is 424 g/mol. The molecule has 0 radical (unpaired) electrons. The van der Waals surface area contributed by atoms with Crippen molar-refractivity contribution in [1.82, 2.24) is 14.9 Å². The largest absolute Gasteiger partial charge is 0.361 e. The Kier molecular flexibility index (Phi) is 5.76. The SMILES string of the molecule is Cc1cccc(Cc2cccc([C@H]3CCCN(C(=O)Cc4c[nH]c5ccccc45)C3)n2)c1. The van der Waals surface area contributed by atoms with Gasteiger partial charge in [-0.2, -0.15) is 0 Å². The summed E-state index contributed by atoms with van der Waals surface area (Å²) in [6, 6.07) is 23.1. The number of nitrogens with one attached hydrogen (secondary N) is 1. The van der Waals surface area contributed by atoms with Crippen molar-refractivity contribution >= 4 is 16.8 Å². The Balaban J connectivity index is 1.28. The number of pyridine rings is 1. The number of piperidine rings is 1. The maximum atomic E-state index is 13.1. The predicted octanol–water partition coefficient (Wildman–Crippen LogP) is 5.41. The summed E-state index contributed by atoms with van der Waals surface area (Å²) in [6.45, 7) is 3.71. The molecule has 162 valence electrons. The third-order valence-electron chi connectivity index (χ3n) is 6.50. The van der Waals surface area contributed by atoms with Crippen molar-refractivity contribution in [2.24, 2.45) is 0 Å². The Morgan fingerprint density at radius 3 is 2.88 bits per heavy atom. The van der Waals surface area contributed by atoms with Gasteiger partial charge in [0.05, 0.1) is 6.42 Å². The number of fused-ring (bicyclic) bond motifs is 1. The third kappa shape index (κ3) is 4.45. The quantitative estimate of drug-likeness (QED) is 0.466. The van der Waals surface area contributed by atoms with E-state index in [9.17, 15) is 4.79 Å². The van der Waals surface area contributed by atoms with Crippen LogP contribution in [0.1, 0.15) is 46.8 Å². The third-order valence-corrected chi connectivity index (χ3v) is 6.50. The highest BCUT2D eigenvalue weighted by Crippen LogP contribution is 2.27. The molecular formula is C28H29N3O. The number of likely N-dealkylation sites (tertiary alicyclic amines) is 1. The molecule has 1 aliphatic heterocycles. The second kappa shape index (κ2) is 8.99. The van der Waals surface area contributed by atoms with Gasteiger partial charge in [-0.15, -0.1) is 0 Å². The molecule has 2 aromatic carbocycles. The van der Waals surface area contributed by atoms with Crippen LogP contribution in [0.25, 0.3) is 10.9 Å². The van der Waals surface area contributed by atoms with Crippen molar-refractivity contribution in [3.05, 3.63) is 101 Å². The van der Waals surface area contributed by atoms with E-state index in [0.717, 1.165) is 60.2 Å². The number of benzene rings is 2. The number of aromatic nitrogens is 2. The van der Waals surface area contributed by atoms with Crippen molar-refractivity contribution in [1.29, 1.82) is 0 Å². The topological polar surface area (TPSA) is 49.0 Å². The van der Waals surface area contributed by atoms with E-state index in [4.69, 9.17) is 4.98 Å². The van der Waals surface area contributed by atoms with Crippen LogP contribution >= 0.6 is 0 Å². The van der Waals surface area contributed by atoms with E-state index in [1.807, 2.05) is 23.2 Å². The van der Waals surface area contributed by atoms with Gasteiger partial charge in [-0.25, -0.2) is 0 Å². The van der Waals surface area contributed by atoms with Gasteiger partial charge in [0.1, 0.15) is 0 Å². The predicted molar refractivity (Wildman–Crippen MR) is 129 cm³/mol. The minimum Gasteiger partial charge on any atom is -0.361 e. The van der Waals surface area contributed by atoms with Crippen LogP contribution in [-0.4, -0.2) is 33.9 Å². The lowest BCUT2D eigenvalue weighted by molar-refractivity contribution is -0.131. The molecule has 4 nitrogen and oxygen atoms in total. The van der Waals surface area contributed by atoms with E-state index >= 15 is 0 Å². The van der Waals surface area contributed by atoms with Crippen molar-refractivity contribution in [2.75, 3.05) is 13.1 Å². The Hall–Kier alpha value is -3.40. The first-order valence-corrected chi connectivity index (χ1v) is 11.5. The lowest BCUT2D eigenvalue weighted by Crippen LogP contribution is -2.40. The summed E-state index contributed by atoms with van der Waals surface area (Å²) in [5.74, 6) is 0.503.